The molecule has 0 aliphatic rings. The van der Waals surface area contributed by atoms with Crippen LogP contribution in [0.1, 0.15) is 59.2 Å². The Bertz CT molecular complexity index is 1310. The molecule has 37 heavy (non-hydrogen) atoms. The van der Waals surface area contributed by atoms with Crippen molar-refractivity contribution in [3.05, 3.63) is 53.9 Å². The fourth-order valence-electron chi connectivity index (χ4n) is 3.36. The van der Waals surface area contributed by atoms with E-state index in [0.717, 1.165) is 0 Å². The van der Waals surface area contributed by atoms with E-state index in [2.05, 4.69) is 15.4 Å². The van der Waals surface area contributed by atoms with E-state index in [1.807, 2.05) is 0 Å². The second kappa shape index (κ2) is 11.5. The molecule has 200 valence electrons. The normalized spacial score (nSPS) is 10.7. The highest BCUT2D eigenvalue weighted by Crippen LogP contribution is 2.18. The summed E-state index contributed by atoms with van der Waals surface area (Å²) in [5.74, 6) is -0.814. The number of nitrogen functional groups attached to an aromatic ring is 1. The Morgan fingerprint density at radius 2 is 1.32 bits per heavy atom. The monoisotopic (exact) mass is 514 g/mol. The maximum atomic E-state index is 12.5. The number of nitrogens with one attached hydrogen (secondary N) is 2. The van der Waals surface area contributed by atoms with E-state index in [-0.39, 0.29) is 17.7 Å². The number of amides is 2. The Labute approximate surface area is 215 Å². The van der Waals surface area contributed by atoms with Gasteiger partial charge in [0, 0.05) is 46.7 Å². The maximum absolute atomic E-state index is 12.5. The molecule has 3 aromatic rings. The largest absolute Gasteiger partial charge is 0.464 e. The van der Waals surface area contributed by atoms with E-state index in [9.17, 15) is 19.2 Å². The van der Waals surface area contributed by atoms with E-state index < -0.39 is 11.7 Å². The molecule has 0 saturated carbocycles. The van der Waals surface area contributed by atoms with Crippen LogP contribution in [0.15, 0.2) is 36.8 Å². The van der Waals surface area contributed by atoms with E-state index in [4.69, 9.17) is 10.5 Å². The van der Waals surface area contributed by atoms with Gasteiger partial charge in [-0.1, -0.05) is 0 Å². The van der Waals surface area contributed by atoms with Crippen molar-refractivity contribution >= 4 is 40.8 Å². The van der Waals surface area contributed by atoms with E-state index in [1.165, 1.54) is 14.0 Å². The highest BCUT2D eigenvalue weighted by Gasteiger charge is 2.19. The Kier molecular flexibility index (Phi) is 8.94. The van der Waals surface area contributed by atoms with Crippen LogP contribution >= 0.6 is 0 Å². The number of ether oxygens (including phenoxy) is 2. The standard InChI is InChI=1S/C18H24N4O4.C7H10N2O2/c1-11(23)14-7-12(9-21(14)5)19-16(24)15-8-13(10-22(15)6)20-17(25)26-18(2,3)4;1-9-4-5(8)3-6(9)7(10)11-2/h7-10H,1-6H3,(H,19,24)(H,20,25);3-4H,8H2,1-2H3. The summed E-state index contributed by atoms with van der Waals surface area (Å²) < 4.78 is 14.6. The number of aryl methyl sites for hydroxylation is 3. The second-order valence-electron chi connectivity index (χ2n) is 9.35. The molecule has 0 spiro atoms. The summed E-state index contributed by atoms with van der Waals surface area (Å²) in [6, 6.07) is 4.74. The van der Waals surface area contributed by atoms with Crippen molar-refractivity contribution in [1.29, 1.82) is 0 Å². The predicted octanol–water partition coefficient (Wildman–Crippen LogP) is 3.56. The van der Waals surface area contributed by atoms with Gasteiger partial charge in [-0.25, -0.2) is 9.59 Å². The van der Waals surface area contributed by atoms with Crippen molar-refractivity contribution in [2.75, 3.05) is 23.5 Å². The fraction of sp³-hybridized carbons (Fsp3) is 0.360. The number of Topliss-reactive ketones (excluding diaryl/α,β-unsaturated/α-hetero) is 1. The lowest BCUT2D eigenvalue weighted by Crippen LogP contribution is -2.27. The number of rotatable bonds is 5. The predicted molar refractivity (Wildman–Crippen MR) is 140 cm³/mol. The molecule has 0 saturated heterocycles. The average molecular weight is 515 g/mol. The number of esters is 1. The van der Waals surface area contributed by atoms with Gasteiger partial charge in [0.15, 0.2) is 5.78 Å². The van der Waals surface area contributed by atoms with Crippen LogP contribution in [0.5, 0.6) is 0 Å². The Hall–Kier alpha value is -4.48. The van der Waals surface area contributed by atoms with Crippen LogP contribution in [0.2, 0.25) is 0 Å². The summed E-state index contributed by atoms with van der Waals surface area (Å²) in [7, 11) is 6.51. The van der Waals surface area contributed by atoms with Gasteiger partial charge in [0.2, 0.25) is 0 Å². The molecule has 0 radical (unpaired) electrons. The molecule has 2 amide bonds. The van der Waals surface area contributed by atoms with Gasteiger partial charge in [-0.3, -0.25) is 14.9 Å². The topological polar surface area (TPSA) is 152 Å². The number of hydrogen-bond donors (Lipinski definition) is 3. The number of aromatic nitrogens is 3. The third-order valence-corrected chi connectivity index (χ3v) is 4.93. The minimum absolute atomic E-state index is 0.0873. The van der Waals surface area contributed by atoms with Crippen LogP contribution in [0.25, 0.3) is 0 Å². The summed E-state index contributed by atoms with van der Waals surface area (Å²) in [5, 5.41) is 5.34. The van der Waals surface area contributed by atoms with Crippen LogP contribution in [0, 0.1) is 0 Å². The minimum atomic E-state index is -0.610. The average Bonchev–Trinajstić information content (AvgIpc) is 3.42. The van der Waals surface area contributed by atoms with E-state index in [1.54, 1.807) is 92.4 Å². The lowest BCUT2D eigenvalue weighted by Gasteiger charge is -2.19. The first-order chi connectivity index (χ1) is 17.1. The van der Waals surface area contributed by atoms with Crippen molar-refractivity contribution < 1.29 is 28.7 Å². The van der Waals surface area contributed by atoms with Crippen molar-refractivity contribution in [2.45, 2.75) is 33.3 Å². The lowest BCUT2D eigenvalue weighted by atomic mass is 10.2. The molecule has 0 bridgehead atoms. The van der Waals surface area contributed by atoms with Crippen LogP contribution in [-0.2, 0) is 30.6 Å². The van der Waals surface area contributed by atoms with Crippen molar-refractivity contribution in [3.63, 3.8) is 0 Å². The minimum Gasteiger partial charge on any atom is -0.464 e. The number of nitrogens with two attached hydrogens (primary N) is 1. The SMILES string of the molecule is CC(=O)c1cc(NC(=O)c2cc(NC(=O)OC(C)(C)C)cn2C)cn1C.COC(=O)c1cc(N)cn1C. The summed E-state index contributed by atoms with van der Waals surface area (Å²) in [4.78, 5) is 46.8. The molecule has 0 atom stereocenters. The number of nitrogens with zero attached hydrogens (tertiary/aromatic N) is 3. The zero-order valence-corrected chi connectivity index (χ0v) is 22.3. The highest BCUT2D eigenvalue weighted by molar-refractivity contribution is 6.05. The number of hydrogen-bond acceptors (Lipinski definition) is 7. The van der Waals surface area contributed by atoms with Gasteiger partial charge in [-0.15, -0.1) is 0 Å². The summed E-state index contributed by atoms with van der Waals surface area (Å²) >= 11 is 0. The van der Waals surface area contributed by atoms with Crippen molar-refractivity contribution in [2.24, 2.45) is 21.1 Å². The number of methoxy groups -OCH3 is 1. The molecule has 12 nitrogen and oxygen atoms in total. The number of carbonyl (C=O) groups is 4. The van der Waals surface area contributed by atoms with E-state index >= 15 is 0 Å². The number of carbonyl (C=O) groups excluding carboxylic acids is 4. The fourth-order valence-corrected chi connectivity index (χ4v) is 3.36. The Morgan fingerprint density at radius 1 is 0.811 bits per heavy atom. The van der Waals surface area contributed by atoms with Crippen molar-refractivity contribution in [3.8, 4) is 0 Å². The Morgan fingerprint density at radius 3 is 1.78 bits per heavy atom. The molecular weight excluding hydrogens is 480 g/mol. The number of anilines is 3. The molecule has 3 aromatic heterocycles. The smallest absolute Gasteiger partial charge is 0.412 e. The molecule has 12 heteroatoms. The van der Waals surface area contributed by atoms with Gasteiger partial charge in [-0.05, 0) is 39.0 Å². The van der Waals surface area contributed by atoms with Gasteiger partial charge < -0.3 is 34.2 Å². The van der Waals surface area contributed by atoms with Gasteiger partial charge >= 0.3 is 12.1 Å². The van der Waals surface area contributed by atoms with Gasteiger partial charge in [-0.2, -0.15) is 0 Å². The quantitative estimate of drug-likeness (QED) is 0.348. The third-order valence-electron chi connectivity index (χ3n) is 4.93. The molecule has 0 fully saturated rings. The highest BCUT2D eigenvalue weighted by atomic mass is 16.6. The van der Waals surface area contributed by atoms with Crippen LogP contribution < -0.4 is 16.4 Å². The van der Waals surface area contributed by atoms with Crippen LogP contribution in [0.3, 0.4) is 0 Å². The summed E-state index contributed by atoms with van der Waals surface area (Å²) in [6.45, 7) is 6.77. The third kappa shape index (κ3) is 8.02. The van der Waals surface area contributed by atoms with Gasteiger partial charge in [0.1, 0.15) is 17.0 Å². The van der Waals surface area contributed by atoms with Gasteiger partial charge in [0.25, 0.3) is 5.91 Å². The molecule has 0 aliphatic heterocycles. The molecule has 3 heterocycles. The molecule has 4 N–H and O–H groups in total. The van der Waals surface area contributed by atoms with Gasteiger partial charge in [0.05, 0.1) is 29.9 Å². The molecule has 3 rings (SSSR count). The Balaban J connectivity index is 0.000000364. The zero-order valence-electron chi connectivity index (χ0n) is 22.3. The molecular formula is C25H34N6O6. The summed E-state index contributed by atoms with van der Waals surface area (Å²) in [6.07, 6.45) is 4.35. The lowest BCUT2D eigenvalue weighted by molar-refractivity contribution is 0.0587. The maximum Gasteiger partial charge on any atom is 0.412 e. The molecule has 0 unspecified atom stereocenters. The van der Waals surface area contributed by atoms with E-state index in [0.29, 0.717) is 34.1 Å². The first kappa shape index (κ1) is 28.8. The molecule has 0 aliphatic carbocycles. The first-order valence-electron chi connectivity index (χ1n) is 11.3. The molecule has 0 aromatic carbocycles. The van der Waals surface area contributed by atoms with Crippen molar-refractivity contribution in [1.82, 2.24) is 13.7 Å². The second-order valence-corrected chi connectivity index (χ2v) is 9.35. The first-order valence-corrected chi connectivity index (χ1v) is 11.3. The number of ketones is 1. The van der Waals surface area contributed by atoms with Crippen LogP contribution in [0.4, 0.5) is 21.9 Å². The zero-order chi connectivity index (χ0) is 28.1. The van der Waals surface area contributed by atoms with Crippen LogP contribution in [-0.4, -0.2) is 50.2 Å². The summed E-state index contributed by atoms with van der Waals surface area (Å²) in [5.41, 5.74) is 7.68.